The molecule has 0 bridgehead atoms. The number of rotatable bonds is 3. The minimum absolute atomic E-state index is 0.0387. The summed E-state index contributed by atoms with van der Waals surface area (Å²) >= 11 is 0. The summed E-state index contributed by atoms with van der Waals surface area (Å²) in [6.45, 7) is 2.05. The van der Waals surface area contributed by atoms with Crippen molar-refractivity contribution < 1.29 is 9.90 Å². The predicted molar refractivity (Wildman–Crippen MR) is 71.6 cm³/mol. The molecule has 1 amide bonds. The molecule has 0 saturated heterocycles. The van der Waals surface area contributed by atoms with Crippen molar-refractivity contribution in [1.82, 2.24) is 4.98 Å². The van der Waals surface area contributed by atoms with Crippen LogP contribution in [0.1, 0.15) is 25.3 Å². The number of aromatic nitrogens is 1. The van der Waals surface area contributed by atoms with Gasteiger partial charge in [0.2, 0.25) is 5.88 Å². The van der Waals surface area contributed by atoms with Gasteiger partial charge < -0.3 is 10.1 Å². The van der Waals surface area contributed by atoms with Crippen molar-refractivity contribution in [3.05, 3.63) is 23.8 Å². The number of hydrogen-bond acceptors (Lipinski definition) is 3. The fraction of sp³-hybridized carbons (Fsp3) is 0.357. The number of fused-ring (bicyclic) bond motifs is 1. The first-order valence-corrected chi connectivity index (χ1v) is 6.48. The number of aromatic amines is 1. The normalized spacial score (nSPS) is 15.4. The highest BCUT2D eigenvalue weighted by atomic mass is 16.3. The molecule has 2 N–H and O–H groups in total. The summed E-state index contributed by atoms with van der Waals surface area (Å²) in [6.07, 6.45) is 2.66. The van der Waals surface area contributed by atoms with Gasteiger partial charge in [-0.15, -0.1) is 10.2 Å². The molecule has 5 nitrogen and oxygen atoms in total. The maximum absolute atomic E-state index is 11.5. The number of carbonyl (C=O) groups excluding carboxylic acids is 1. The Morgan fingerprint density at radius 2 is 2.26 bits per heavy atom. The second-order valence-electron chi connectivity index (χ2n) is 4.83. The van der Waals surface area contributed by atoms with Crippen molar-refractivity contribution in [3.8, 4) is 5.88 Å². The van der Waals surface area contributed by atoms with Crippen molar-refractivity contribution >= 4 is 22.5 Å². The molecule has 19 heavy (non-hydrogen) atoms. The van der Waals surface area contributed by atoms with Crippen LogP contribution in [0.2, 0.25) is 0 Å². The standard InChI is InChI=1S/C14H15N3O2/c1-2-8-4-3-5-10-11(8)15-14(19)12(10)16-17-13(18)9-6-7-9/h3-5,9,15,19H,2,6-7H2,1H3. The summed E-state index contributed by atoms with van der Waals surface area (Å²) in [5.41, 5.74) is 2.30. The van der Waals surface area contributed by atoms with Crippen LogP contribution in [-0.2, 0) is 11.2 Å². The number of nitrogens with one attached hydrogen (secondary N) is 1. The van der Waals surface area contributed by atoms with Gasteiger partial charge in [0, 0.05) is 11.3 Å². The second-order valence-corrected chi connectivity index (χ2v) is 4.83. The molecule has 98 valence electrons. The largest absolute Gasteiger partial charge is 0.493 e. The number of hydrogen-bond donors (Lipinski definition) is 2. The molecule has 0 radical (unpaired) electrons. The minimum Gasteiger partial charge on any atom is -0.493 e. The van der Waals surface area contributed by atoms with Gasteiger partial charge in [0.25, 0.3) is 5.91 Å². The average molecular weight is 257 g/mol. The van der Waals surface area contributed by atoms with Crippen molar-refractivity contribution in [3.63, 3.8) is 0 Å². The van der Waals surface area contributed by atoms with Gasteiger partial charge in [0.05, 0.1) is 5.52 Å². The van der Waals surface area contributed by atoms with E-state index in [0.29, 0.717) is 5.69 Å². The highest BCUT2D eigenvalue weighted by Gasteiger charge is 2.29. The zero-order valence-electron chi connectivity index (χ0n) is 10.7. The lowest BCUT2D eigenvalue weighted by Crippen LogP contribution is -1.92. The van der Waals surface area contributed by atoms with Crippen LogP contribution in [0, 0.1) is 5.92 Å². The van der Waals surface area contributed by atoms with E-state index in [4.69, 9.17) is 0 Å². The van der Waals surface area contributed by atoms with Crippen LogP contribution in [0.25, 0.3) is 10.9 Å². The van der Waals surface area contributed by atoms with Gasteiger partial charge >= 0.3 is 0 Å². The molecule has 0 atom stereocenters. The van der Waals surface area contributed by atoms with E-state index in [1.807, 2.05) is 25.1 Å². The first kappa shape index (κ1) is 11.9. The Labute approximate surface area is 110 Å². The van der Waals surface area contributed by atoms with Gasteiger partial charge in [-0.2, -0.15) is 0 Å². The Balaban J connectivity index is 2.03. The summed E-state index contributed by atoms with van der Waals surface area (Å²) in [5.74, 6) is -0.189. The van der Waals surface area contributed by atoms with Crippen LogP contribution >= 0.6 is 0 Å². The summed E-state index contributed by atoms with van der Waals surface area (Å²) in [5, 5.41) is 18.3. The zero-order valence-corrected chi connectivity index (χ0v) is 10.7. The molecule has 1 fully saturated rings. The third-order valence-electron chi connectivity index (χ3n) is 3.43. The summed E-state index contributed by atoms with van der Waals surface area (Å²) in [4.78, 5) is 14.4. The molecule has 5 heteroatoms. The monoisotopic (exact) mass is 257 g/mol. The Bertz CT molecular complexity index is 669. The van der Waals surface area contributed by atoms with Crippen molar-refractivity contribution in [2.75, 3.05) is 0 Å². The zero-order chi connectivity index (χ0) is 13.4. The lowest BCUT2D eigenvalue weighted by atomic mass is 10.1. The molecule has 3 rings (SSSR count). The van der Waals surface area contributed by atoms with Crippen molar-refractivity contribution in [2.24, 2.45) is 16.1 Å². The van der Waals surface area contributed by atoms with E-state index in [9.17, 15) is 9.90 Å². The van der Waals surface area contributed by atoms with E-state index >= 15 is 0 Å². The number of carbonyl (C=O) groups is 1. The van der Waals surface area contributed by atoms with Crippen LogP contribution in [0.5, 0.6) is 5.88 Å². The van der Waals surface area contributed by atoms with Crippen LogP contribution in [0.3, 0.4) is 0 Å². The fourth-order valence-electron chi connectivity index (χ4n) is 2.16. The molecule has 1 heterocycles. The van der Waals surface area contributed by atoms with E-state index in [0.717, 1.165) is 35.7 Å². The number of amides is 1. The first-order valence-electron chi connectivity index (χ1n) is 6.48. The minimum atomic E-state index is -0.194. The maximum Gasteiger partial charge on any atom is 0.267 e. The Morgan fingerprint density at radius 3 is 2.95 bits per heavy atom. The first-order chi connectivity index (χ1) is 9.20. The smallest absolute Gasteiger partial charge is 0.267 e. The molecule has 0 spiro atoms. The molecule has 1 aliphatic carbocycles. The highest BCUT2D eigenvalue weighted by Crippen LogP contribution is 2.37. The third-order valence-corrected chi connectivity index (χ3v) is 3.43. The molecular weight excluding hydrogens is 242 g/mol. The number of H-pyrrole nitrogens is 1. The van der Waals surface area contributed by atoms with Crippen LogP contribution in [0.4, 0.5) is 5.69 Å². The molecule has 2 aromatic rings. The van der Waals surface area contributed by atoms with Gasteiger partial charge in [-0.1, -0.05) is 25.1 Å². The van der Waals surface area contributed by atoms with Crippen molar-refractivity contribution in [1.29, 1.82) is 0 Å². The quantitative estimate of drug-likeness (QED) is 0.826. The number of para-hydroxylation sites is 1. The van der Waals surface area contributed by atoms with Gasteiger partial charge in [-0.3, -0.25) is 4.79 Å². The molecule has 1 aliphatic rings. The predicted octanol–water partition coefficient (Wildman–Crippen LogP) is 3.46. The number of benzene rings is 1. The Kier molecular flexibility index (Phi) is 2.81. The molecule has 0 aliphatic heterocycles. The van der Waals surface area contributed by atoms with E-state index in [2.05, 4.69) is 15.2 Å². The number of nitrogens with zero attached hydrogens (tertiary/aromatic N) is 2. The van der Waals surface area contributed by atoms with E-state index < -0.39 is 0 Å². The lowest BCUT2D eigenvalue weighted by molar-refractivity contribution is -0.119. The highest BCUT2D eigenvalue weighted by molar-refractivity contribution is 5.96. The van der Waals surface area contributed by atoms with Gasteiger partial charge in [-0.25, -0.2) is 0 Å². The number of aryl methyl sites for hydroxylation is 1. The average Bonchev–Trinajstić information content (AvgIpc) is 3.20. The van der Waals surface area contributed by atoms with Gasteiger partial charge in [0.15, 0.2) is 5.69 Å². The maximum atomic E-state index is 11.5. The van der Waals surface area contributed by atoms with Crippen LogP contribution < -0.4 is 0 Å². The van der Waals surface area contributed by atoms with Gasteiger partial charge in [0.1, 0.15) is 0 Å². The Morgan fingerprint density at radius 1 is 1.47 bits per heavy atom. The molecule has 1 aromatic carbocycles. The van der Waals surface area contributed by atoms with Crippen LogP contribution in [0.15, 0.2) is 28.4 Å². The molecule has 1 aromatic heterocycles. The molecule has 1 saturated carbocycles. The summed E-state index contributed by atoms with van der Waals surface area (Å²) < 4.78 is 0. The van der Waals surface area contributed by atoms with Crippen LogP contribution in [-0.4, -0.2) is 16.0 Å². The second kappa shape index (κ2) is 4.50. The number of aromatic hydroxyl groups is 1. The van der Waals surface area contributed by atoms with E-state index in [1.165, 1.54) is 0 Å². The Hall–Kier alpha value is -2.17. The molecule has 0 unspecified atom stereocenters. The fourth-order valence-corrected chi connectivity index (χ4v) is 2.16. The SMILES string of the molecule is CCc1cccc2c(N=NC(=O)C3CC3)c(O)[nH]c12. The van der Waals surface area contributed by atoms with Crippen molar-refractivity contribution in [2.45, 2.75) is 26.2 Å². The lowest BCUT2D eigenvalue weighted by Gasteiger charge is -1.97. The number of azo groups is 1. The third kappa shape index (κ3) is 2.12. The van der Waals surface area contributed by atoms with Gasteiger partial charge in [-0.05, 0) is 24.8 Å². The van der Waals surface area contributed by atoms with E-state index in [-0.39, 0.29) is 17.7 Å². The summed E-state index contributed by atoms with van der Waals surface area (Å²) in [7, 11) is 0. The topological polar surface area (TPSA) is 77.8 Å². The molecular formula is C14H15N3O2. The summed E-state index contributed by atoms with van der Waals surface area (Å²) in [6, 6.07) is 5.77. The van der Waals surface area contributed by atoms with E-state index in [1.54, 1.807) is 0 Å².